The van der Waals surface area contributed by atoms with Crippen LogP contribution in [0.4, 0.5) is 0 Å². The lowest BCUT2D eigenvalue weighted by atomic mass is 9.76. The third-order valence-electron chi connectivity index (χ3n) is 7.18. The lowest BCUT2D eigenvalue weighted by Crippen LogP contribution is -2.13. The molecule has 0 fully saturated rings. The standard InChI is InChI=1S/C32H23N/c1-2-13-25-23(10-1)21-30(27-15-4-3-14-26(25)27)22-11-9-12-24(20-22)33-31-18-7-5-16-28(31)29-17-6-8-19-32(29)33/h1-20,30H,21H2. The van der Waals surface area contributed by atoms with Gasteiger partial charge in [0, 0.05) is 22.4 Å². The number of para-hydroxylation sites is 2. The Labute approximate surface area is 193 Å². The van der Waals surface area contributed by atoms with Gasteiger partial charge in [-0.25, -0.2) is 0 Å². The zero-order chi connectivity index (χ0) is 21.8. The van der Waals surface area contributed by atoms with Gasteiger partial charge in [-0.3, -0.25) is 0 Å². The molecular weight excluding hydrogens is 398 g/mol. The van der Waals surface area contributed by atoms with E-state index in [1.54, 1.807) is 0 Å². The molecule has 1 atom stereocenters. The average Bonchev–Trinajstić information content (AvgIpc) is 3.23. The van der Waals surface area contributed by atoms with E-state index in [1.165, 1.54) is 55.3 Å². The van der Waals surface area contributed by atoms with Crippen LogP contribution in [0, 0.1) is 0 Å². The summed E-state index contributed by atoms with van der Waals surface area (Å²) in [6.07, 6.45) is 1.03. The number of nitrogens with zero attached hydrogens (tertiary/aromatic N) is 1. The van der Waals surface area contributed by atoms with E-state index >= 15 is 0 Å². The van der Waals surface area contributed by atoms with Crippen molar-refractivity contribution in [2.45, 2.75) is 12.3 Å². The normalized spacial score (nSPS) is 14.8. The second-order valence-electron chi connectivity index (χ2n) is 8.97. The molecule has 0 N–H and O–H groups in total. The molecule has 0 amide bonds. The molecule has 1 aliphatic carbocycles. The van der Waals surface area contributed by atoms with Crippen LogP contribution in [0.1, 0.15) is 22.6 Å². The van der Waals surface area contributed by atoms with E-state index in [4.69, 9.17) is 0 Å². The Balaban J connectivity index is 1.43. The molecule has 6 aromatic rings. The van der Waals surface area contributed by atoms with Crippen molar-refractivity contribution in [1.82, 2.24) is 4.57 Å². The average molecular weight is 422 g/mol. The maximum Gasteiger partial charge on any atom is 0.0541 e. The summed E-state index contributed by atoms with van der Waals surface area (Å²) in [5.41, 5.74) is 10.7. The lowest BCUT2D eigenvalue weighted by molar-refractivity contribution is 0.792. The van der Waals surface area contributed by atoms with Crippen molar-refractivity contribution in [3.8, 4) is 16.8 Å². The summed E-state index contributed by atoms with van der Waals surface area (Å²) < 4.78 is 2.41. The summed E-state index contributed by atoms with van der Waals surface area (Å²) in [5.74, 6) is 0.351. The van der Waals surface area contributed by atoms with Crippen molar-refractivity contribution in [1.29, 1.82) is 0 Å². The van der Waals surface area contributed by atoms with Gasteiger partial charge in [0.1, 0.15) is 0 Å². The van der Waals surface area contributed by atoms with Crippen molar-refractivity contribution in [3.05, 3.63) is 138 Å². The van der Waals surface area contributed by atoms with Crippen molar-refractivity contribution in [2.75, 3.05) is 0 Å². The highest BCUT2D eigenvalue weighted by atomic mass is 15.0. The van der Waals surface area contributed by atoms with Gasteiger partial charge in [0.05, 0.1) is 11.0 Å². The molecule has 0 aliphatic heterocycles. The summed E-state index contributed by atoms with van der Waals surface area (Å²) in [6, 6.07) is 44.4. The zero-order valence-corrected chi connectivity index (χ0v) is 18.3. The molecule has 7 rings (SSSR count). The van der Waals surface area contributed by atoms with Gasteiger partial charge in [0.25, 0.3) is 0 Å². The number of aromatic nitrogens is 1. The van der Waals surface area contributed by atoms with Crippen molar-refractivity contribution in [2.24, 2.45) is 0 Å². The van der Waals surface area contributed by atoms with Crippen LogP contribution in [-0.4, -0.2) is 4.57 Å². The third-order valence-corrected chi connectivity index (χ3v) is 7.18. The van der Waals surface area contributed by atoms with Gasteiger partial charge in [0.2, 0.25) is 0 Å². The molecule has 0 saturated carbocycles. The van der Waals surface area contributed by atoms with E-state index in [0.717, 1.165) is 6.42 Å². The predicted octanol–water partition coefficient (Wildman–Crippen LogP) is 8.14. The minimum absolute atomic E-state index is 0.351. The van der Waals surface area contributed by atoms with Crippen LogP contribution in [0.3, 0.4) is 0 Å². The Morgan fingerprint density at radius 3 is 1.97 bits per heavy atom. The van der Waals surface area contributed by atoms with Crippen LogP contribution in [0.5, 0.6) is 0 Å². The highest BCUT2D eigenvalue weighted by Crippen LogP contribution is 2.43. The molecule has 0 radical (unpaired) electrons. The maximum absolute atomic E-state index is 2.41. The molecule has 1 heterocycles. The van der Waals surface area contributed by atoms with Crippen LogP contribution < -0.4 is 0 Å². The van der Waals surface area contributed by atoms with E-state index in [2.05, 4.69) is 126 Å². The Bertz CT molecular complexity index is 1600. The number of fused-ring (bicyclic) bond motifs is 6. The monoisotopic (exact) mass is 421 g/mol. The highest BCUT2D eigenvalue weighted by molar-refractivity contribution is 6.09. The van der Waals surface area contributed by atoms with Crippen LogP contribution in [0.2, 0.25) is 0 Å². The SMILES string of the molecule is c1cc(C2Cc3ccccc3-c3ccccc32)cc(-n2c3ccccc3c3ccccc32)c1. The summed E-state index contributed by atoms with van der Waals surface area (Å²) >= 11 is 0. The minimum atomic E-state index is 0.351. The largest absolute Gasteiger partial charge is 0.309 e. The minimum Gasteiger partial charge on any atom is -0.309 e. The molecule has 156 valence electrons. The molecule has 0 saturated heterocycles. The second kappa shape index (κ2) is 7.21. The van der Waals surface area contributed by atoms with E-state index in [1.807, 2.05) is 0 Å². The first-order chi connectivity index (χ1) is 16.4. The Hall–Kier alpha value is -4.10. The summed E-state index contributed by atoms with van der Waals surface area (Å²) in [6.45, 7) is 0. The fraction of sp³-hybridized carbons (Fsp3) is 0.0625. The van der Waals surface area contributed by atoms with E-state index in [-0.39, 0.29) is 0 Å². The van der Waals surface area contributed by atoms with Gasteiger partial charge in [-0.05, 0) is 58.5 Å². The van der Waals surface area contributed by atoms with Gasteiger partial charge in [-0.1, -0.05) is 97.1 Å². The lowest BCUT2D eigenvalue weighted by Gasteiger charge is -2.28. The van der Waals surface area contributed by atoms with E-state index in [0.29, 0.717) is 5.92 Å². The van der Waals surface area contributed by atoms with Crippen LogP contribution in [0.25, 0.3) is 38.6 Å². The fourth-order valence-electron chi connectivity index (χ4n) is 5.72. The van der Waals surface area contributed by atoms with Gasteiger partial charge in [-0.15, -0.1) is 0 Å². The third kappa shape index (κ3) is 2.79. The molecule has 5 aromatic carbocycles. The number of benzene rings is 5. The van der Waals surface area contributed by atoms with E-state index < -0.39 is 0 Å². The Kier molecular flexibility index (Phi) is 4.04. The molecule has 1 nitrogen and oxygen atoms in total. The first-order valence-corrected chi connectivity index (χ1v) is 11.6. The van der Waals surface area contributed by atoms with Gasteiger partial charge in [-0.2, -0.15) is 0 Å². The first-order valence-electron chi connectivity index (χ1n) is 11.6. The molecule has 0 bridgehead atoms. The topological polar surface area (TPSA) is 4.93 Å². The molecular formula is C32H23N. The fourth-order valence-corrected chi connectivity index (χ4v) is 5.72. The first kappa shape index (κ1) is 18.5. The molecule has 33 heavy (non-hydrogen) atoms. The van der Waals surface area contributed by atoms with Crippen molar-refractivity contribution >= 4 is 21.8 Å². The molecule has 0 spiro atoms. The van der Waals surface area contributed by atoms with Crippen LogP contribution in [-0.2, 0) is 6.42 Å². The maximum atomic E-state index is 2.41. The molecule has 1 unspecified atom stereocenters. The summed E-state index contributed by atoms with van der Waals surface area (Å²) in [5, 5.41) is 2.60. The van der Waals surface area contributed by atoms with Gasteiger partial charge >= 0.3 is 0 Å². The Morgan fingerprint density at radius 1 is 0.545 bits per heavy atom. The number of hydrogen-bond acceptors (Lipinski definition) is 0. The smallest absolute Gasteiger partial charge is 0.0541 e. The van der Waals surface area contributed by atoms with E-state index in [9.17, 15) is 0 Å². The summed E-state index contributed by atoms with van der Waals surface area (Å²) in [7, 11) is 0. The number of hydrogen-bond donors (Lipinski definition) is 0. The zero-order valence-electron chi connectivity index (χ0n) is 18.3. The van der Waals surface area contributed by atoms with Crippen molar-refractivity contribution in [3.63, 3.8) is 0 Å². The number of rotatable bonds is 2. The molecule has 1 aliphatic rings. The van der Waals surface area contributed by atoms with Crippen molar-refractivity contribution < 1.29 is 0 Å². The summed E-state index contributed by atoms with van der Waals surface area (Å²) in [4.78, 5) is 0. The molecule has 1 aromatic heterocycles. The second-order valence-corrected chi connectivity index (χ2v) is 8.97. The van der Waals surface area contributed by atoms with Crippen LogP contribution >= 0.6 is 0 Å². The van der Waals surface area contributed by atoms with Gasteiger partial charge in [0.15, 0.2) is 0 Å². The molecule has 1 heteroatoms. The Morgan fingerprint density at radius 2 is 1.18 bits per heavy atom. The van der Waals surface area contributed by atoms with Gasteiger partial charge < -0.3 is 4.57 Å². The quantitative estimate of drug-likeness (QED) is 0.266. The predicted molar refractivity (Wildman–Crippen MR) is 138 cm³/mol. The van der Waals surface area contributed by atoms with Crippen LogP contribution in [0.15, 0.2) is 121 Å². The highest BCUT2D eigenvalue weighted by Gasteiger charge is 2.25.